The molecule has 0 amide bonds. The van der Waals surface area contributed by atoms with Gasteiger partial charge in [0.15, 0.2) is 0 Å². The normalized spacial score (nSPS) is 28.8. The third-order valence-electron chi connectivity index (χ3n) is 2.42. The number of ether oxygens (including phenoxy) is 1. The Kier molecular flexibility index (Phi) is 3.98. The Bertz CT molecular complexity index is 130. The highest BCUT2D eigenvalue weighted by Gasteiger charge is 2.20. The van der Waals surface area contributed by atoms with E-state index < -0.39 is 0 Å². The van der Waals surface area contributed by atoms with Gasteiger partial charge in [-0.05, 0) is 13.3 Å². The van der Waals surface area contributed by atoms with Crippen molar-refractivity contribution < 1.29 is 9.84 Å². The number of rotatable bonds is 3. The molecule has 3 heteroatoms. The zero-order chi connectivity index (χ0) is 8.97. The third-order valence-corrected chi connectivity index (χ3v) is 2.42. The topological polar surface area (TPSA) is 32.7 Å². The van der Waals surface area contributed by atoms with Gasteiger partial charge in [-0.2, -0.15) is 0 Å². The molecule has 0 bridgehead atoms. The van der Waals surface area contributed by atoms with E-state index in [1.54, 1.807) is 0 Å². The molecule has 12 heavy (non-hydrogen) atoms. The molecule has 0 aliphatic carbocycles. The van der Waals surface area contributed by atoms with Gasteiger partial charge in [-0.3, -0.25) is 4.90 Å². The summed E-state index contributed by atoms with van der Waals surface area (Å²) in [5.41, 5.74) is 0. The van der Waals surface area contributed by atoms with Crippen LogP contribution in [0.15, 0.2) is 0 Å². The van der Waals surface area contributed by atoms with Gasteiger partial charge in [0.25, 0.3) is 0 Å². The van der Waals surface area contributed by atoms with Crippen LogP contribution in [0, 0.1) is 0 Å². The van der Waals surface area contributed by atoms with E-state index >= 15 is 0 Å². The van der Waals surface area contributed by atoms with Gasteiger partial charge in [0.2, 0.25) is 0 Å². The van der Waals surface area contributed by atoms with Gasteiger partial charge >= 0.3 is 0 Å². The Labute approximate surface area is 74.3 Å². The quantitative estimate of drug-likeness (QED) is 0.673. The summed E-state index contributed by atoms with van der Waals surface area (Å²) in [6.07, 6.45) is 0.662. The second kappa shape index (κ2) is 4.80. The summed E-state index contributed by atoms with van der Waals surface area (Å²) in [6.45, 7) is 7.51. The first-order valence-corrected chi connectivity index (χ1v) is 4.74. The zero-order valence-corrected chi connectivity index (χ0v) is 7.99. The summed E-state index contributed by atoms with van der Waals surface area (Å²) in [5.74, 6) is 0. The van der Waals surface area contributed by atoms with Gasteiger partial charge in [0.1, 0.15) is 0 Å². The maximum absolute atomic E-state index is 9.45. The lowest BCUT2D eigenvalue weighted by atomic mass is 10.2. The summed E-state index contributed by atoms with van der Waals surface area (Å²) < 4.78 is 5.30. The molecule has 1 unspecified atom stereocenters. The number of morpholine rings is 1. The minimum absolute atomic E-state index is 0.175. The fraction of sp³-hybridized carbons (Fsp3) is 1.00. The molecule has 1 heterocycles. The monoisotopic (exact) mass is 173 g/mol. The minimum atomic E-state index is -0.175. The lowest BCUT2D eigenvalue weighted by Crippen LogP contribution is -2.46. The van der Waals surface area contributed by atoms with Gasteiger partial charge in [-0.25, -0.2) is 0 Å². The predicted octanol–water partition coefficient (Wildman–Crippen LogP) is 0.478. The standard InChI is InChI=1S/C9H19NO2/c1-3-9(11)6-10-4-5-12-7-8(10)2/h8-9,11H,3-7H2,1-2H3/t8?,9-/m0/s1. The van der Waals surface area contributed by atoms with Crippen molar-refractivity contribution in [3.63, 3.8) is 0 Å². The van der Waals surface area contributed by atoms with Crippen molar-refractivity contribution in [2.24, 2.45) is 0 Å². The summed E-state index contributed by atoms with van der Waals surface area (Å²) >= 11 is 0. The van der Waals surface area contributed by atoms with E-state index in [0.29, 0.717) is 6.04 Å². The van der Waals surface area contributed by atoms with Crippen LogP contribution in [0.5, 0.6) is 0 Å². The molecule has 0 aromatic rings. The fourth-order valence-electron chi connectivity index (χ4n) is 1.43. The van der Waals surface area contributed by atoms with E-state index in [-0.39, 0.29) is 6.10 Å². The van der Waals surface area contributed by atoms with E-state index in [9.17, 15) is 5.11 Å². The van der Waals surface area contributed by atoms with Crippen LogP contribution in [0.4, 0.5) is 0 Å². The van der Waals surface area contributed by atoms with Crippen molar-refractivity contribution >= 4 is 0 Å². The molecule has 1 aliphatic rings. The van der Waals surface area contributed by atoms with Gasteiger partial charge < -0.3 is 9.84 Å². The highest BCUT2D eigenvalue weighted by atomic mass is 16.5. The van der Waals surface area contributed by atoms with Crippen LogP contribution in [0.3, 0.4) is 0 Å². The second-order valence-corrected chi connectivity index (χ2v) is 3.48. The van der Waals surface area contributed by atoms with E-state index in [1.165, 1.54) is 0 Å². The van der Waals surface area contributed by atoms with Crippen LogP contribution in [0.25, 0.3) is 0 Å². The van der Waals surface area contributed by atoms with Crippen molar-refractivity contribution in [1.82, 2.24) is 4.90 Å². The maximum Gasteiger partial charge on any atom is 0.0664 e. The average Bonchev–Trinajstić information content (AvgIpc) is 2.09. The first-order valence-electron chi connectivity index (χ1n) is 4.74. The highest BCUT2D eigenvalue weighted by molar-refractivity contribution is 4.73. The molecule has 0 aromatic heterocycles. The van der Waals surface area contributed by atoms with Gasteiger partial charge in [-0.1, -0.05) is 6.92 Å². The molecule has 1 rings (SSSR count). The molecule has 1 aliphatic heterocycles. The number of β-amino-alcohol motifs (C(OH)–C–C–N with tert-alkyl or cyclic N) is 1. The summed E-state index contributed by atoms with van der Waals surface area (Å²) in [7, 11) is 0. The minimum Gasteiger partial charge on any atom is -0.392 e. The van der Waals surface area contributed by atoms with Crippen LogP contribution in [0.2, 0.25) is 0 Å². The number of hydrogen-bond acceptors (Lipinski definition) is 3. The van der Waals surface area contributed by atoms with Crippen LogP contribution >= 0.6 is 0 Å². The Balaban J connectivity index is 2.28. The highest BCUT2D eigenvalue weighted by Crippen LogP contribution is 2.07. The molecule has 3 nitrogen and oxygen atoms in total. The molecule has 0 radical (unpaired) electrons. The molecule has 0 spiro atoms. The van der Waals surface area contributed by atoms with Crippen LogP contribution in [0.1, 0.15) is 20.3 Å². The third kappa shape index (κ3) is 2.73. The van der Waals surface area contributed by atoms with E-state index in [1.807, 2.05) is 6.92 Å². The molecular weight excluding hydrogens is 154 g/mol. The molecule has 72 valence electrons. The fourth-order valence-corrected chi connectivity index (χ4v) is 1.43. The second-order valence-electron chi connectivity index (χ2n) is 3.48. The summed E-state index contributed by atoms with van der Waals surface area (Å²) in [4.78, 5) is 2.29. The number of aliphatic hydroxyl groups excluding tert-OH is 1. The van der Waals surface area contributed by atoms with Crippen molar-refractivity contribution in [1.29, 1.82) is 0 Å². The lowest BCUT2D eigenvalue weighted by Gasteiger charge is -2.34. The smallest absolute Gasteiger partial charge is 0.0664 e. The molecule has 1 N–H and O–H groups in total. The molecule has 2 atom stereocenters. The number of nitrogens with zero attached hydrogens (tertiary/aromatic N) is 1. The predicted molar refractivity (Wildman–Crippen MR) is 48.2 cm³/mol. The van der Waals surface area contributed by atoms with E-state index in [2.05, 4.69) is 11.8 Å². The van der Waals surface area contributed by atoms with Gasteiger partial charge in [-0.15, -0.1) is 0 Å². The van der Waals surface area contributed by atoms with Gasteiger partial charge in [0, 0.05) is 19.1 Å². The largest absolute Gasteiger partial charge is 0.392 e. The maximum atomic E-state index is 9.45. The number of aliphatic hydroxyl groups is 1. The van der Waals surface area contributed by atoms with Crippen molar-refractivity contribution in [2.75, 3.05) is 26.3 Å². The van der Waals surface area contributed by atoms with Crippen molar-refractivity contribution in [2.45, 2.75) is 32.4 Å². The van der Waals surface area contributed by atoms with E-state index in [0.717, 1.165) is 32.7 Å². The lowest BCUT2D eigenvalue weighted by molar-refractivity contribution is -0.0202. The summed E-state index contributed by atoms with van der Waals surface area (Å²) in [6, 6.07) is 0.458. The molecule has 0 aromatic carbocycles. The summed E-state index contributed by atoms with van der Waals surface area (Å²) in [5, 5.41) is 9.45. The SMILES string of the molecule is CC[C@H](O)CN1CCOCC1C. The van der Waals surface area contributed by atoms with Crippen molar-refractivity contribution in [3.8, 4) is 0 Å². The van der Waals surface area contributed by atoms with Crippen LogP contribution in [-0.4, -0.2) is 48.5 Å². The van der Waals surface area contributed by atoms with Crippen LogP contribution in [-0.2, 0) is 4.74 Å². The van der Waals surface area contributed by atoms with E-state index in [4.69, 9.17) is 4.74 Å². The van der Waals surface area contributed by atoms with Gasteiger partial charge in [0.05, 0.1) is 19.3 Å². The molecule has 1 saturated heterocycles. The van der Waals surface area contributed by atoms with Crippen LogP contribution < -0.4 is 0 Å². The average molecular weight is 173 g/mol. The Hall–Kier alpha value is -0.120. The number of hydrogen-bond donors (Lipinski definition) is 1. The molecule has 1 fully saturated rings. The Morgan fingerprint density at radius 3 is 3.00 bits per heavy atom. The molecular formula is C9H19NO2. The zero-order valence-electron chi connectivity index (χ0n) is 7.99. The first kappa shape index (κ1) is 9.96. The Morgan fingerprint density at radius 2 is 2.42 bits per heavy atom. The van der Waals surface area contributed by atoms with Crippen molar-refractivity contribution in [3.05, 3.63) is 0 Å². The Morgan fingerprint density at radius 1 is 1.67 bits per heavy atom. The molecule has 0 saturated carbocycles. The first-order chi connectivity index (χ1) is 5.74.